The van der Waals surface area contributed by atoms with Crippen LogP contribution in [0, 0.1) is 45.3 Å². The lowest BCUT2D eigenvalue weighted by Crippen LogP contribution is -2.55. The molecular formula is C31H46O4. The number of hydrogen-bond donors (Lipinski definition) is 2. The molecule has 4 aliphatic carbocycles. The van der Waals surface area contributed by atoms with Crippen molar-refractivity contribution in [3.63, 3.8) is 0 Å². The van der Waals surface area contributed by atoms with Crippen molar-refractivity contribution in [1.82, 2.24) is 0 Å². The number of aliphatic carboxylic acids is 1. The molecule has 0 aromatic heterocycles. The van der Waals surface area contributed by atoms with Crippen LogP contribution in [0.4, 0.5) is 0 Å². The summed E-state index contributed by atoms with van der Waals surface area (Å²) < 4.78 is 0. The summed E-state index contributed by atoms with van der Waals surface area (Å²) in [6.45, 7) is 19.3. The number of allylic oxidation sites excluding steroid dienone is 4. The summed E-state index contributed by atoms with van der Waals surface area (Å²) in [5.74, 6) is -0.405. The monoisotopic (exact) mass is 482 g/mol. The molecule has 3 unspecified atom stereocenters. The molecule has 194 valence electrons. The first-order valence-electron chi connectivity index (χ1n) is 13.7. The molecule has 4 rings (SSSR count). The fourth-order valence-electron chi connectivity index (χ4n) is 8.63. The third-order valence-electron chi connectivity index (χ3n) is 11.5. The molecule has 0 amide bonds. The summed E-state index contributed by atoms with van der Waals surface area (Å²) in [4.78, 5) is 25.4. The van der Waals surface area contributed by atoms with Crippen LogP contribution < -0.4 is 0 Å². The van der Waals surface area contributed by atoms with Gasteiger partial charge in [0.05, 0.1) is 12.0 Å². The molecule has 4 heteroatoms. The van der Waals surface area contributed by atoms with Crippen molar-refractivity contribution in [2.45, 2.75) is 99.5 Å². The lowest BCUT2D eigenvalue weighted by molar-refractivity contribution is -0.146. The fraction of sp³-hybridized carbons (Fsp3) is 0.742. The van der Waals surface area contributed by atoms with Crippen LogP contribution in [0.15, 0.2) is 35.5 Å². The Bertz CT molecular complexity index is 999. The van der Waals surface area contributed by atoms with E-state index in [9.17, 15) is 19.8 Å². The van der Waals surface area contributed by atoms with E-state index in [0.29, 0.717) is 37.4 Å². The minimum absolute atomic E-state index is 0.0924. The number of Topliss-reactive ketones (excluding diaryl/α,β-unsaturated/α-hetero) is 1. The van der Waals surface area contributed by atoms with Crippen molar-refractivity contribution in [1.29, 1.82) is 0 Å². The van der Waals surface area contributed by atoms with E-state index in [-0.39, 0.29) is 28.1 Å². The number of aliphatic hydroxyl groups is 1. The Morgan fingerprint density at radius 2 is 1.80 bits per heavy atom. The number of carbonyl (C=O) groups is 2. The van der Waals surface area contributed by atoms with E-state index in [2.05, 4.69) is 67.2 Å². The van der Waals surface area contributed by atoms with Crippen molar-refractivity contribution in [3.8, 4) is 0 Å². The quantitative estimate of drug-likeness (QED) is 0.411. The minimum Gasteiger partial charge on any atom is -0.481 e. The Kier molecular flexibility index (Phi) is 6.36. The van der Waals surface area contributed by atoms with Gasteiger partial charge in [0.15, 0.2) is 0 Å². The smallest absolute Gasteiger partial charge is 0.306 e. The van der Waals surface area contributed by atoms with E-state index in [1.54, 1.807) is 0 Å². The predicted molar refractivity (Wildman–Crippen MR) is 140 cm³/mol. The van der Waals surface area contributed by atoms with Crippen molar-refractivity contribution in [2.75, 3.05) is 0 Å². The molecule has 2 fully saturated rings. The van der Waals surface area contributed by atoms with Crippen LogP contribution in [-0.2, 0) is 9.59 Å². The van der Waals surface area contributed by atoms with Gasteiger partial charge >= 0.3 is 5.97 Å². The average Bonchev–Trinajstić information content (AvgIpc) is 2.98. The van der Waals surface area contributed by atoms with Gasteiger partial charge < -0.3 is 10.2 Å². The highest BCUT2D eigenvalue weighted by molar-refractivity contribution is 5.86. The lowest BCUT2D eigenvalue weighted by atomic mass is 9.44. The van der Waals surface area contributed by atoms with E-state index in [4.69, 9.17) is 0 Å². The summed E-state index contributed by atoms with van der Waals surface area (Å²) in [6, 6.07) is 0. The highest BCUT2D eigenvalue weighted by atomic mass is 16.4. The average molecular weight is 483 g/mol. The maximum Gasteiger partial charge on any atom is 0.306 e. The topological polar surface area (TPSA) is 74.6 Å². The van der Waals surface area contributed by atoms with E-state index in [1.165, 1.54) is 11.1 Å². The molecule has 0 aromatic carbocycles. The Balaban J connectivity index is 1.73. The fourth-order valence-corrected chi connectivity index (χ4v) is 8.63. The number of carbonyl (C=O) groups excluding carboxylic acids is 1. The van der Waals surface area contributed by atoms with Gasteiger partial charge in [-0.3, -0.25) is 9.59 Å². The molecule has 7 atom stereocenters. The molecule has 0 aromatic rings. The Labute approximate surface area is 212 Å². The molecule has 0 bridgehead atoms. The van der Waals surface area contributed by atoms with Crippen molar-refractivity contribution < 1.29 is 19.8 Å². The first-order chi connectivity index (χ1) is 16.1. The van der Waals surface area contributed by atoms with Crippen LogP contribution in [0.3, 0.4) is 0 Å². The van der Waals surface area contributed by atoms with Gasteiger partial charge in [-0.1, -0.05) is 72.8 Å². The van der Waals surface area contributed by atoms with Crippen LogP contribution in [0.2, 0.25) is 0 Å². The second-order valence-electron chi connectivity index (χ2n) is 13.6. The van der Waals surface area contributed by atoms with E-state index >= 15 is 0 Å². The molecule has 4 aliphatic rings. The first-order valence-corrected chi connectivity index (χ1v) is 13.7. The number of hydrogen-bond acceptors (Lipinski definition) is 3. The van der Waals surface area contributed by atoms with Gasteiger partial charge in [0.2, 0.25) is 0 Å². The third-order valence-corrected chi connectivity index (χ3v) is 11.5. The lowest BCUT2D eigenvalue weighted by Gasteiger charge is -2.59. The second kappa shape index (κ2) is 8.43. The maximum atomic E-state index is 12.8. The van der Waals surface area contributed by atoms with Crippen molar-refractivity contribution in [3.05, 3.63) is 35.5 Å². The number of carboxylic acids is 1. The van der Waals surface area contributed by atoms with E-state index in [0.717, 1.165) is 24.8 Å². The van der Waals surface area contributed by atoms with E-state index < -0.39 is 23.4 Å². The summed E-state index contributed by atoms with van der Waals surface area (Å²) >= 11 is 0. The van der Waals surface area contributed by atoms with Gasteiger partial charge in [0, 0.05) is 17.3 Å². The summed E-state index contributed by atoms with van der Waals surface area (Å²) in [7, 11) is 0. The number of aliphatic hydroxyl groups excluding tert-OH is 1. The molecular weight excluding hydrogens is 436 g/mol. The van der Waals surface area contributed by atoms with E-state index in [1.807, 2.05) is 0 Å². The molecule has 0 spiro atoms. The van der Waals surface area contributed by atoms with Gasteiger partial charge in [-0.2, -0.15) is 0 Å². The number of ketones is 1. The zero-order valence-electron chi connectivity index (χ0n) is 22.9. The normalized spacial score (nSPS) is 40.8. The van der Waals surface area contributed by atoms with Crippen molar-refractivity contribution in [2.24, 2.45) is 45.3 Å². The molecule has 0 aliphatic heterocycles. The minimum atomic E-state index is -0.754. The summed E-state index contributed by atoms with van der Waals surface area (Å²) in [5.41, 5.74) is 2.34. The van der Waals surface area contributed by atoms with Crippen LogP contribution in [0.5, 0.6) is 0 Å². The first kappa shape index (κ1) is 26.4. The number of fused-ring (bicyclic) bond motifs is 5. The van der Waals surface area contributed by atoms with Gasteiger partial charge in [0.1, 0.15) is 5.78 Å². The molecule has 0 heterocycles. The maximum absolute atomic E-state index is 12.8. The third kappa shape index (κ3) is 3.56. The van der Waals surface area contributed by atoms with Gasteiger partial charge in [-0.25, -0.2) is 0 Å². The standard InChI is InChI=1S/C31H46O4/c1-18(2)19(3)9-10-20(27(34)35)23-17-26(33)31(8)22-11-12-24-28(4,5)25(32)14-15-29(24,6)21(22)13-16-30(23,31)7/h11,13,18,20,23-24,26,33H,3,9-10,12,14-17H2,1-2,4-8H3,(H,34,35)/t20-,23?,24?,26?,29-,30-,31-/m1/s1. The molecule has 4 nitrogen and oxygen atoms in total. The SMILES string of the molecule is C=C(CC[C@@H](C(=O)O)C1CC(O)[C@@]2(C)C3=CCC4C(C)(C)C(=O)CC[C@]4(C)C3=CC[C@]12C)C(C)C. The summed E-state index contributed by atoms with van der Waals surface area (Å²) in [5, 5.41) is 21.9. The van der Waals surface area contributed by atoms with Gasteiger partial charge in [-0.05, 0) is 78.3 Å². The van der Waals surface area contributed by atoms with Crippen LogP contribution >= 0.6 is 0 Å². The summed E-state index contributed by atoms with van der Waals surface area (Å²) in [6.07, 6.45) is 8.93. The highest BCUT2D eigenvalue weighted by Crippen LogP contribution is 2.71. The molecule has 0 radical (unpaired) electrons. The Hall–Kier alpha value is -1.68. The predicted octanol–water partition coefficient (Wildman–Crippen LogP) is 6.74. The Morgan fingerprint density at radius 1 is 1.14 bits per heavy atom. The molecule has 2 saturated carbocycles. The number of carboxylic acid groups (broad SMARTS) is 1. The zero-order chi connectivity index (χ0) is 26.1. The van der Waals surface area contributed by atoms with Gasteiger partial charge in [-0.15, -0.1) is 0 Å². The zero-order valence-corrected chi connectivity index (χ0v) is 22.9. The van der Waals surface area contributed by atoms with Crippen LogP contribution in [0.1, 0.15) is 93.4 Å². The molecule has 0 saturated heterocycles. The van der Waals surface area contributed by atoms with Crippen LogP contribution in [0.25, 0.3) is 0 Å². The highest BCUT2D eigenvalue weighted by Gasteiger charge is 2.67. The second-order valence-corrected chi connectivity index (χ2v) is 13.6. The van der Waals surface area contributed by atoms with Crippen molar-refractivity contribution >= 4 is 11.8 Å². The van der Waals surface area contributed by atoms with Crippen LogP contribution in [-0.4, -0.2) is 28.1 Å². The van der Waals surface area contributed by atoms with Gasteiger partial charge in [0.25, 0.3) is 0 Å². The Morgan fingerprint density at radius 3 is 2.40 bits per heavy atom. The molecule has 35 heavy (non-hydrogen) atoms. The largest absolute Gasteiger partial charge is 0.481 e. The number of rotatable bonds is 6. The molecule has 2 N–H and O–H groups in total.